The summed E-state index contributed by atoms with van der Waals surface area (Å²) in [6.07, 6.45) is 7.53. The predicted octanol–water partition coefficient (Wildman–Crippen LogP) is 3.62. The molecule has 0 saturated carbocycles. The summed E-state index contributed by atoms with van der Waals surface area (Å²) in [6.45, 7) is 4.62. The fraction of sp³-hybridized carbons (Fsp3) is 0.800. The van der Waals surface area contributed by atoms with Gasteiger partial charge in [0.1, 0.15) is 0 Å². The fourth-order valence-electron chi connectivity index (χ4n) is 1.58. The highest BCUT2D eigenvalue weighted by atomic mass is 79.9. The zero-order valence-corrected chi connectivity index (χ0v) is 8.97. The van der Waals surface area contributed by atoms with Crippen LogP contribution >= 0.6 is 15.9 Å². The lowest BCUT2D eigenvalue weighted by Crippen LogP contribution is -2.13. The van der Waals surface area contributed by atoms with E-state index < -0.39 is 0 Å². The second-order valence-electron chi connectivity index (χ2n) is 3.78. The van der Waals surface area contributed by atoms with Crippen LogP contribution in [0.1, 0.15) is 26.7 Å². The van der Waals surface area contributed by atoms with Gasteiger partial charge in [-0.3, -0.25) is 0 Å². The average molecular weight is 217 g/mol. The molecule has 64 valence electrons. The van der Waals surface area contributed by atoms with Gasteiger partial charge in [-0.2, -0.15) is 0 Å². The monoisotopic (exact) mass is 216 g/mol. The molecular formula is C10H17Br. The molecule has 2 unspecified atom stereocenters. The van der Waals surface area contributed by atoms with Gasteiger partial charge < -0.3 is 0 Å². The number of halogens is 1. The molecule has 0 saturated heterocycles. The number of allylic oxidation sites excluding steroid dienone is 2. The lowest BCUT2D eigenvalue weighted by Gasteiger charge is -2.24. The van der Waals surface area contributed by atoms with Crippen LogP contribution in [0.4, 0.5) is 0 Å². The van der Waals surface area contributed by atoms with Gasteiger partial charge in [-0.05, 0) is 30.6 Å². The van der Waals surface area contributed by atoms with Gasteiger partial charge in [0.25, 0.3) is 0 Å². The highest BCUT2D eigenvalue weighted by Crippen LogP contribution is 2.28. The summed E-state index contributed by atoms with van der Waals surface area (Å²) in [7, 11) is 0. The summed E-state index contributed by atoms with van der Waals surface area (Å²) in [5.74, 6) is 2.46. The largest absolute Gasteiger partial charge is 0.0922 e. The molecule has 0 spiro atoms. The van der Waals surface area contributed by atoms with Crippen LogP contribution in [0.25, 0.3) is 0 Å². The molecule has 0 nitrogen and oxygen atoms in total. The summed E-state index contributed by atoms with van der Waals surface area (Å²) in [4.78, 5) is 0. The highest BCUT2D eigenvalue weighted by molar-refractivity contribution is 9.09. The van der Waals surface area contributed by atoms with E-state index in [2.05, 4.69) is 41.9 Å². The molecule has 0 N–H and O–H groups in total. The van der Waals surface area contributed by atoms with E-state index in [1.807, 2.05) is 0 Å². The van der Waals surface area contributed by atoms with Crippen molar-refractivity contribution in [2.75, 3.05) is 5.33 Å². The van der Waals surface area contributed by atoms with Crippen LogP contribution in [0.5, 0.6) is 0 Å². The Labute approximate surface area is 78.2 Å². The van der Waals surface area contributed by atoms with Crippen LogP contribution in [-0.4, -0.2) is 5.33 Å². The number of alkyl halides is 1. The van der Waals surface area contributed by atoms with Gasteiger partial charge >= 0.3 is 0 Å². The van der Waals surface area contributed by atoms with Crippen LogP contribution in [0.3, 0.4) is 0 Å². The van der Waals surface area contributed by atoms with Gasteiger partial charge in [-0.25, -0.2) is 0 Å². The first kappa shape index (κ1) is 9.31. The summed E-state index contributed by atoms with van der Waals surface area (Å²) < 4.78 is 0. The van der Waals surface area contributed by atoms with E-state index in [9.17, 15) is 0 Å². The molecule has 1 rings (SSSR count). The van der Waals surface area contributed by atoms with E-state index in [-0.39, 0.29) is 0 Å². The summed E-state index contributed by atoms with van der Waals surface area (Å²) in [5, 5.41) is 1.13. The first-order valence-electron chi connectivity index (χ1n) is 4.48. The van der Waals surface area contributed by atoms with Crippen molar-refractivity contribution in [2.24, 2.45) is 17.8 Å². The molecule has 0 radical (unpaired) electrons. The van der Waals surface area contributed by atoms with Gasteiger partial charge in [0.15, 0.2) is 0 Å². The summed E-state index contributed by atoms with van der Waals surface area (Å²) >= 11 is 3.52. The van der Waals surface area contributed by atoms with Crippen molar-refractivity contribution >= 4 is 15.9 Å². The lowest BCUT2D eigenvalue weighted by molar-refractivity contribution is 0.386. The third-order valence-corrected chi connectivity index (χ3v) is 3.39. The summed E-state index contributed by atoms with van der Waals surface area (Å²) in [6, 6.07) is 0. The molecule has 1 aliphatic carbocycles. The van der Waals surface area contributed by atoms with Crippen LogP contribution in [0.15, 0.2) is 12.2 Å². The van der Waals surface area contributed by atoms with Gasteiger partial charge in [-0.15, -0.1) is 0 Å². The molecule has 2 atom stereocenters. The zero-order valence-electron chi connectivity index (χ0n) is 7.39. The molecule has 0 aliphatic heterocycles. The lowest BCUT2D eigenvalue weighted by atomic mass is 9.83. The Morgan fingerprint density at radius 1 is 1.36 bits per heavy atom. The molecular weight excluding hydrogens is 200 g/mol. The van der Waals surface area contributed by atoms with Crippen molar-refractivity contribution in [2.45, 2.75) is 26.7 Å². The van der Waals surface area contributed by atoms with E-state index >= 15 is 0 Å². The highest BCUT2D eigenvalue weighted by Gasteiger charge is 2.16. The Balaban J connectivity index is 2.42. The first-order chi connectivity index (χ1) is 5.24. The van der Waals surface area contributed by atoms with Gasteiger partial charge in [0, 0.05) is 5.33 Å². The second-order valence-corrected chi connectivity index (χ2v) is 4.43. The van der Waals surface area contributed by atoms with Crippen molar-refractivity contribution in [3.8, 4) is 0 Å². The fourth-order valence-corrected chi connectivity index (χ4v) is 2.12. The Morgan fingerprint density at radius 2 is 2.09 bits per heavy atom. The Bertz CT molecular complexity index is 138. The third-order valence-electron chi connectivity index (χ3n) is 2.56. The second kappa shape index (κ2) is 4.30. The first-order valence-corrected chi connectivity index (χ1v) is 5.60. The maximum atomic E-state index is 3.52. The van der Waals surface area contributed by atoms with Crippen LogP contribution in [-0.2, 0) is 0 Å². The number of rotatable bonds is 2. The van der Waals surface area contributed by atoms with Crippen molar-refractivity contribution in [1.82, 2.24) is 0 Å². The smallest absolute Gasteiger partial charge is 0.00943 e. The van der Waals surface area contributed by atoms with E-state index in [0.717, 1.165) is 23.1 Å². The Kier molecular flexibility index (Phi) is 3.64. The molecule has 1 aliphatic rings. The van der Waals surface area contributed by atoms with Gasteiger partial charge in [0.05, 0.1) is 0 Å². The third kappa shape index (κ3) is 2.62. The van der Waals surface area contributed by atoms with E-state index in [1.54, 1.807) is 0 Å². The topological polar surface area (TPSA) is 0 Å². The van der Waals surface area contributed by atoms with Crippen molar-refractivity contribution < 1.29 is 0 Å². The predicted molar refractivity (Wildman–Crippen MR) is 54.0 cm³/mol. The molecule has 0 bridgehead atoms. The summed E-state index contributed by atoms with van der Waals surface area (Å²) in [5.41, 5.74) is 0. The van der Waals surface area contributed by atoms with Crippen LogP contribution < -0.4 is 0 Å². The molecule has 0 fully saturated rings. The molecule has 11 heavy (non-hydrogen) atoms. The van der Waals surface area contributed by atoms with Crippen LogP contribution in [0.2, 0.25) is 0 Å². The van der Waals surface area contributed by atoms with E-state index in [1.165, 1.54) is 12.8 Å². The van der Waals surface area contributed by atoms with Crippen molar-refractivity contribution in [3.05, 3.63) is 12.2 Å². The normalized spacial score (nSPS) is 31.3. The maximum absolute atomic E-state index is 3.52. The Morgan fingerprint density at radius 3 is 2.45 bits per heavy atom. The number of hydrogen-bond acceptors (Lipinski definition) is 0. The van der Waals surface area contributed by atoms with Crippen LogP contribution in [0, 0.1) is 17.8 Å². The zero-order chi connectivity index (χ0) is 8.27. The van der Waals surface area contributed by atoms with E-state index in [4.69, 9.17) is 0 Å². The molecule has 0 heterocycles. The number of hydrogen-bond donors (Lipinski definition) is 0. The molecule has 1 heteroatoms. The molecule has 0 aromatic heterocycles. The minimum atomic E-state index is 0.796. The van der Waals surface area contributed by atoms with E-state index in [0.29, 0.717) is 0 Å². The SMILES string of the molecule is CC(C)C1C=CC(CBr)CC1. The standard InChI is InChI=1S/C10H17Br/c1-8(2)10-5-3-9(7-11)4-6-10/h3,5,8-10H,4,6-7H2,1-2H3. The maximum Gasteiger partial charge on any atom is 0.00943 e. The molecule has 0 amide bonds. The minimum absolute atomic E-state index is 0.796. The van der Waals surface area contributed by atoms with Crippen molar-refractivity contribution in [3.63, 3.8) is 0 Å². The Hall–Kier alpha value is 0.220. The molecule has 0 aromatic rings. The van der Waals surface area contributed by atoms with Gasteiger partial charge in [0.2, 0.25) is 0 Å². The quantitative estimate of drug-likeness (QED) is 0.489. The van der Waals surface area contributed by atoms with Crippen molar-refractivity contribution in [1.29, 1.82) is 0 Å². The van der Waals surface area contributed by atoms with Gasteiger partial charge in [-0.1, -0.05) is 41.9 Å². The molecule has 0 aromatic carbocycles. The average Bonchev–Trinajstić information content (AvgIpc) is 2.05. The minimum Gasteiger partial charge on any atom is -0.0922 e.